The molecule has 0 fully saturated rings. The van der Waals surface area contributed by atoms with Gasteiger partial charge in [-0.05, 0) is 32.0 Å². The minimum absolute atomic E-state index is 0.272. The van der Waals surface area contributed by atoms with Crippen molar-refractivity contribution in [3.05, 3.63) is 52.1 Å². The van der Waals surface area contributed by atoms with Gasteiger partial charge in [-0.2, -0.15) is 18.3 Å². The Balaban J connectivity index is 2.12. The number of nitrogens with one attached hydrogen (secondary N) is 2. The Labute approximate surface area is 135 Å². The fourth-order valence-corrected chi connectivity index (χ4v) is 2.33. The van der Waals surface area contributed by atoms with E-state index in [1.165, 1.54) is 0 Å². The van der Waals surface area contributed by atoms with E-state index in [-0.39, 0.29) is 5.56 Å². The molecule has 1 aromatic heterocycles. The normalized spacial score (nSPS) is 13.0. The van der Waals surface area contributed by atoms with Crippen molar-refractivity contribution >= 4 is 5.91 Å². The molecule has 0 saturated carbocycles. The van der Waals surface area contributed by atoms with Gasteiger partial charge in [-0.1, -0.05) is 0 Å². The third kappa shape index (κ3) is 3.73. The van der Waals surface area contributed by atoms with Gasteiger partial charge in [-0.3, -0.25) is 9.89 Å². The lowest BCUT2D eigenvalue weighted by molar-refractivity contribution is -0.137. The fourth-order valence-electron chi connectivity index (χ4n) is 2.33. The average Bonchev–Trinajstić information content (AvgIpc) is 2.83. The second kappa shape index (κ2) is 6.60. The summed E-state index contributed by atoms with van der Waals surface area (Å²) in [7, 11) is 0. The van der Waals surface area contributed by atoms with E-state index in [9.17, 15) is 22.4 Å². The molecule has 24 heavy (non-hydrogen) atoms. The van der Waals surface area contributed by atoms with Crippen molar-refractivity contribution in [2.24, 2.45) is 5.73 Å². The zero-order chi connectivity index (χ0) is 18.1. The van der Waals surface area contributed by atoms with E-state index in [0.29, 0.717) is 35.2 Å². The van der Waals surface area contributed by atoms with Crippen LogP contribution in [0.25, 0.3) is 0 Å². The molecule has 130 valence electrons. The van der Waals surface area contributed by atoms with Crippen LogP contribution in [0.2, 0.25) is 0 Å². The summed E-state index contributed by atoms with van der Waals surface area (Å²) in [5, 5.41) is 8.95. The average molecular weight is 344 g/mol. The van der Waals surface area contributed by atoms with Crippen LogP contribution in [0.4, 0.5) is 17.6 Å². The highest BCUT2D eigenvalue weighted by Gasteiger charge is 2.31. The van der Waals surface area contributed by atoms with Crippen molar-refractivity contribution in [3.63, 3.8) is 0 Å². The lowest BCUT2D eigenvalue weighted by Crippen LogP contribution is -2.34. The smallest absolute Gasteiger partial charge is 0.350 e. The van der Waals surface area contributed by atoms with E-state index in [1.807, 2.05) is 0 Å². The standard InChI is InChI=1S/C15H16F4N4O/c1-7-12(8(2)23-22-7)13(20)14(24)21-6-9-5-10(15(17,18)19)3-4-11(9)16/h3-5,13H,6,20H2,1-2H3,(H,21,24)(H,22,23)/t13-/m0/s1. The fraction of sp³-hybridized carbons (Fsp3) is 0.333. The second-order valence-electron chi connectivity index (χ2n) is 5.35. The zero-order valence-electron chi connectivity index (χ0n) is 13.0. The number of nitrogens with two attached hydrogens (primary N) is 1. The van der Waals surface area contributed by atoms with E-state index in [2.05, 4.69) is 15.5 Å². The predicted octanol–water partition coefficient (Wildman–Crippen LogP) is 2.50. The van der Waals surface area contributed by atoms with Crippen LogP contribution in [-0.4, -0.2) is 16.1 Å². The molecule has 0 unspecified atom stereocenters. The summed E-state index contributed by atoms with van der Waals surface area (Å²) >= 11 is 0. The van der Waals surface area contributed by atoms with Gasteiger partial charge >= 0.3 is 6.18 Å². The number of hydrogen-bond donors (Lipinski definition) is 3. The Morgan fingerprint density at radius 3 is 2.58 bits per heavy atom. The molecule has 9 heteroatoms. The first-order valence-electron chi connectivity index (χ1n) is 7.01. The molecular formula is C15H16F4N4O. The molecule has 2 aromatic rings. The summed E-state index contributed by atoms with van der Waals surface area (Å²) < 4.78 is 51.6. The van der Waals surface area contributed by atoms with Crippen LogP contribution < -0.4 is 11.1 Å². The Kier molecular flexibility index (Phi) is 4.93. The van der Waals surface area contributed by atoms with Crippen LogP contribution in [0.15, 0.2) is 18.2 Å². The summed E-state index contributed by atoms with van der Waals surface area (Å²) in [6.45, 7) is 2.95. The van der Waals surface area contributed by atoms with Crippen molar-refractivity contribution in [1.82, 2.24) is 15.5 Å². The number of aromatic amines is 1. The molecule has 5 nitrogen and oxygen atoms in total. The number of hydrogen-bond acceptors (Lipinski definition) is 3. The van der Waals surface area contributed by atoms with Gasteiger partial charge in [0.25, 0.3) is 0 Å². The van der Waals surface area contributed by atoms with Gasteiger partial charge in [-0.25, -0.2) is 4.39 Å². The van der Waals surface area contributed by atoms with E-state index in [1.54, 1.807) is 13.8 Å². The maximum absolute atomic E-state index is 13.6. The lowest BCUT2D eigenvalue weighted by Gasteiger charge is -2.14. The quantitative estimate of drug-likeness (QED) is 0.745. The first-order chi connectivity index (χ1) is 11.1. The second-order valence-corrected chi connectivity index (χ2v) is 5.35. The number of carbonyl (C=O) groups is 1. The number of aryl methyl sites for hydroxylation is 2. The van der Waals surface area contributed by atoms with Crippen LogP contribution in [-0.2, 0) is 17.5 Å². The molecule has 1 heterocycles. The highest BCUT2D eigenvalue weighted by molar-refractivity contribution is 5.83. The third-order valence-corrected chi connectivity index (χ3v) is 3.60. The van der Waals surface area contributed by atoms with E-state index in [0.717, 1.165) is 0 Å². The molecule has 4 N–H and O–H groups in total. The molecule has 0 radical (unpaired) electrons. The van der Waals surface area contributed by atoms with Crippen molar-refractivity contribution < 1.29 is 22.4 Å². The minimum atomic E-state index is -4.59. The van der Waals surface area contributed by atoms with Crippen LogP contribution in [0.5, 0.6) is 0 Å². The number of aromatic nitrogens is 2. The van der Waals surface area contributed by atoms with Gasteiger partial charge < -0.3 is 11.1 Å². The van der Waals surface area contributed by atoms with Crippen molar-refractivity contribution in [1.29, 1.82) is 0 Å². The summed E-state index contributed by atoms with van der Waals surface area (Å²) in [4.78, 5) is 12.1. The molecule has 2 rings (SSSR count). The molecule has 0 bridgehead atoms. The molecule has 1 atom stereocenters. The van der Waals surface area contributed by atoms with Gasteiger partial charge in [-0.15, -0.1) is 0 Å². The van der Waals surface area contributed by atoms with Gasteiger partial charge in [0.05, 0.1) is 11.3 Å². The van der Waals surface area contributed by atoms with Gasteiger partial charge in [0.1, 0.15) is 11.9 Å². The predicted molar refractivity (Wildman–Crippen MR) is 78.2 cm³/mol. The number of carbonyl (C=O) groups excluding carboxylic acids is 1. The number of rotatable bonds is 4. The molecule has 1 aromatic carbocycles. The van der Waals surface area contributed by atoms with E-state index >= 15 is 0 Å². The number of H-pyrrole nitrogens is 1. The number of nitrogens with zero attached hydrogens (tertiary/aromatic N) is 1. The number of amides is 1. The molecule has 0 saturated heterocycles. The van der Waals surface area contributed by atoms with Crippen LogP contribution in [0.3, 0.4) is 0 Å². The zero-order valence-corrected chi connectivity index (χ0v) is 13.0. The Hall–Kier alpha value is -2.42. The maximum Gasteiger partial charge on any atom is 0.416 e. The monoisotopic (exact) mass is 344 g/mol. The first-order valence-corrected chi connectivity index (χ1v) is 7.01. The van der Waals surface area contributed by atoms with Crippen LogP contribution in [0.1, 0.15) is 34.1 Å². The van der Waals surface area contributed by atoms with E-state index < -0.39 is 36.1 Å². The summed E-state index contributed by atoms with van der Waals surface area (Å²) in [5.74, 6) is -1.48. The lowest BCUT2D eigenvalue weighted by atomic mass is 10.0. The molecule has 0 aliphatic heterocycles. The maximum atomic E-state index is 13.6. The van der Waals surface area contributed by atoms with Crippen LogP contribution >= 0.6 is 0 Å². The van der Waals surface area contributed by atoms with Gasteiger partial charge in [0, 0.05) is 23.4 Å². The van der Waals surface area contributed by atoms with Gasteiger partial charge in [0.2, 0.25) is 5.91 Å². The van der Waals surface area contributed by atoms with Crippen molar-refractivity contribution in [2.45, 2.75) is 32.6 Å². The first kappa shape index (κ1) is 17.9. The SMILES string of the molecule is Cc1n[nH]c(C)c1[C@H](N)C(=O)NCc1cc(C(F)(F)F)ccc1F. The Morgan fingerprint density at radius 1 is 1.38 bits per heavy atom. The minimum Gasteiger partial charge on any atom is -0.350 e. The van der Waals surface area contributed by atoms with Gasteiger partial charge in [0.15, 0.2) is 0 Å². The number of benzene rings is 1. The third-order valence-electron chi connectivity index (χ3n) is 3.60. The largest absolute Gasteiger partial charge is 0.416 e. The Morgan fingerprint density at radius 2 is 2.04 bits per heavy atom. The molecular weight excluding hydrogens is 328 g/mol. The van der Waals surface area contributed by atoms with Crippen molar-refractivity contribution in [3.8, 4) is 0 Å². The van der Waals surface area contributed by atoms with E-state index in [4.69, 9.17) is 5.73 Å². The number of halogens is 4. The van der Waals surface area contributed by atoms with Crippen molar-refractivity contribution in [2.75, 3.05) is 0 Å². The highest BCUT2D eigenvalue weighted by Crippen LogP contribution is 2.30. The molecule has 0 spiro atoms. The number of alkyl halides is 3. The summed E-state index contributed by atoms with van der Waals surface area (Å²) in [6.07, 6.45) is -4.59. The molecule has 0 aliphatic rings. The molecule has 1 amide bonds. The summed E-state index contributed by atoms with van der Waals surface area (Å²) in [5.41, 5.74) is 6.23. The molecule has 0 aliphatic carbocycles. The Bertz CT molecular complexity index is 735. The highest BCUT2D eigenvalue weighted by atomic mass is 19.4. The summed E-state index contributed by atoms with van der Waals surface area (Å²) in [6, 6.07) is 0.965. The topological polar surface area (TPSA) is 83.8 Å². The van der Waals surface area contributed by atoms with Crippen LogP contribution in [0, 0.1) is 19.7 Å².